The first-order chi connectivity index (χ1) is 11.1. The standard InChI is InChI=1S/C20H42NOP/c1-4-5-6-7-8-9-10-11-12-13-14-15-16-17-18-19-20-21-23(2,3)22/h11-12H,4-10,13-20H2,1-3H3,(H,21,22). The lowest BCUT2D eigenvalue weighted by Crippen LogP contribution is -2.10. The van der Waals surface area contributed by atoms with E-state index in [0.717, 1.165) is 13.0 Å². The fraction of sp³-hybridized carbons (Fsp3) is 0.900. The summed E-state index contributed by atoms with van der Waals surface area (Å²) in [5.74, 6) is 0. The Hall–Kier alpha value is -0.0700. The van der Waals surface area contributed by atoms with Gasteiger partial charge in [-0.25, -0.2) is 0 Å². The average molecular weight is 344 g/mol. The minimum Gasteiger partial charge on any atom is -0.307 e. The average Bonchev–Trinajstić information content (AvgIpc) is 2.49. The van der Waals surface area contributed by atoms with E-state index < -0.39 is 7.29 Å². The number of nitrogens with one attached hydrogen (secondary N) is 1. The van der Waals surface area contributed by atoms with Crippen LogP contribution in [-0.2, 0) is 4.57 Å². The molecule has 0 aliphatic carbocycles. The number of hydrogen-bond donors (Lipinski definition) is 1. The van der Waals surface area contributed by atoms with Crippen LogP contribution in [0, 0.1) is 0 Å². The molecule has 0 fully saturated rings. The molecular formula is C20H42NOP. The molecule has 2 nitrogen and oxygen atoms in total. The molecule has 0 spiro atoms. The number of allylic oxidation sites excluding steroid dienone is 2. The molecule has 0 bridgehead atoms. The first-order valence-electron chi connectivity index (χ1n) is 10.0. The fourth-order valence-electron chi connectivity index (χ4n) is 2.72. The summed E-state index contributed by atoms with van der Waals surface area (Å²) in [6.07, 6.45) is 23.5. The molecule has 0 rings (SSSR count). The van der Waals surface area contributed by atoms with Crippen LogP contribution in [0.2, 0.25) is 0 Å². The first kappa shape index (κ1) is 22.9. The highest BCUT2D eigenvalue weighted by molar-refractivity contribution is 7.60. The molecule has 0 amide bonds. The normalized spacial score (nSPS) is 12.3. The summed E-state index contributed by atoms with van der Waals surface area (Å²) in [6.45, 7) is 6.78. The molecule has 138 valence electrons. The van der Waals surface area contributed by atoms with Gasteiger partial charge in [0.05, 0.1) is 0 Å². The quantitative estimate of drug-likeness (QED) is 0.172. The van der Waals surface area contributed by atoms with Gasteiger partial charge in [-0.15, -0.1) is 0 Å². The molecular weight excluding hydrogens is 301 g/mol. The molecule has 0 saturated carbocycles. The molecule has 1 N–H and O–H groups in total. The third-order valence-corrected chi connectivity index (χ3v) is 5.17. The van der Waals surface area contributed by atoms with Crippen molar-refractivity contribution >= 4 is 7.29 Å². The van der Waals surface area contributed by atoms with Crippen molar-refractivity contribution in [3.05, 3.63) is 12.2 Å². The summed E-state index contributed by atoms with van der Waals surface area (Å²) in [7, 11) is -2.01. The molecule has 0 unspecified atom stereocenters. The second-order valence-electron chi connectivity index (χ2n) is 7.20. The topological polar surface area (TPSA) is 29.1 Å². The minimum absolute atomic E-state index is 0.908. The smallest absolute Gasteiger partial charge is 0.141 e. The van der Waals surface area contributed by atoms with E-state index in [4.69, 9.17) is 0 Å². The van der Waals surface area contributed by atoms with Gasteiger partial charge in [0.25, 0.3) is 0 Å². The number of hydrogen-bond acceptors (Lipinski definition) is 1. The van der Waals surface area contributed by atoms with E-state index in [1.807, 2.05) is 0 Å². The predicted molar refractivity (Wildman–Crippen MR) is 107 cm³/mol. The van der Waals surface area contributed by atoms with Crippen molar-refractivity contribution in [3.63, 3.8) is 0 Å². The fourth-order valence-corrected chi connectivity index (χ4v) is 3.42. The summed E-state index contributed by atoms with van der Waals surface area (Å²) in [5, 5.41) is 3.12. The van der Waals surface area contributed by atoms with Crippen molar-refractivity contribution < 1.29 is 4.57 Å². The van der Waals surface area contributed by atoms with Crippen molar-refractivity contribution in [2.75, 3.05) is 19.9 Å². The largest absolute Gasteiger partial charge is 0.307 e. The van der Waals surface area contributed by atoms with Gasteiger partial charge in [0, 0.05) is 19.9 Å². The zero-order chi connectivity index (χ0) is 17.2. The molecule has 0 heterocycles. The third-order valence-electron chi connectivity index (χ3n) is 4.18. The van der Waals surface area contributed by atoms with Crippen LogP contribution >= 0.6 is 7.29 Å². The van der Waals surface area contributed by atoms with Crippen LogP contribution in [0.5, 0.6) is 0 Å². The van der Waals surface area contributed by atoms with Gasteiger partial charge in [-0.2, -0.15) is 0 Å². The van der Waals surface area contributed by atoms with E-state index in [-0.39, 0.29) is 0 Å². The number of unbranched alkanes of at least 4 members (excludes halogenated alkanes) is 12. The van der Waals surface area contributed by atoms with Crippen LogP contribution in [0.1, 0.15) is 96.8 Å². The minimum atomic E-state index is -2.01. The van der Waals surface area contributed by atoms with Crippen molar-refractivity contribution in [1.29, 1.82) is 0 Å². The molecule has 0 atom stereocenters. The van der Waals surface area contributed by atoms with Gasteiger partial charge in [0.2, 0.25) is 0 Å². The zero-order valence-electron chi connectivity index (χ0n) is 16.1. The lowest BCUT2D eigenvalue weighted by Gasteiger charge is -2.08. The zero-order valence-corrected chi connectivity index (χ0v) is 17.0. The lowest BCUT2D eigenvalue weighted by molar-refractivity contribution is 0.562. The van der Waals surface area contributed by atoms with Crippen LogP contribution in [0.4, 0.5) is 0 Å². The molecule has 0 aromatic heterocycles. The van der Waals surface area contributed by atoms with Gasteiger partial charge in [-0.1, -0.05) is 76.9 Å². The maximum atomic E-state index is 11.5. The molecule has 0 saturated heterocycles. The Balaban J connectivity index is 3.12. The van der Waals surface area contributed by atoms with Gasteiger partial charge in [0.1, 0.15) is 7.29 Å². The molecule has 0 radical (unpaired) electrons. The predicted octanol–water partition coefficient (Wildman–Crippen LogP) is 7.15. The van der Waals surface area contributed by atoms with Crippen molar-refractivity contribution in [2.45, 2.75) is 96.8 Å². The summed E-state index contributed by atoms with van der Waals surface area (Å²) < 4.78 is 11.5. The van der Waals surface area contributed by atoms with Crippen LogP contribution in [-0.4, -0.2) is 19.9 Å². The van der Waals surface area contributed by atoms with Gasteiger partial charge in [-0.3, -0.25) is 5.09 Å². The van der Waals surface area contributed by atoms with E-state index >= 15 is 0 Å². The highest BCUT2D eigenvalue weighted by Gasteiger charge is 2.03. The van der Waals surface area contributed by atoms with Crippen LogP contribution in [0.15, 0.2) is 12.2 Å². The van der Waals surface area contributed by atoms with E-state index in [0.29, 0.717) is 0 Å². The molecule has 0 aromatic rings. The molecule has 23 heavy (non-hydrogen) atoms. The second-order valence-corrected chi connectivity index (χ2v) is 10.2. The molecule has 0 aliphatic rings. The Morgan fingerprint density at radius 3 is 1.61 bits per heavy atom. The molecule has 0 aromatic carbocycles. The number of rotatable bonds is 17. The first-order valence-corrected chi connectivity index (χ1v) is 12.6. The lowest BCUT2D eigenvalue weighted by atomic mass is 10.1. The van der Waals surface area contributed by atoms with Crippen LogP contribution < -0.4 is 5.09 Å². The molecule has 3 heteroatoms. The Morgan fingerprint density at radius 2 is 1.13 bits per heavy atom. The van der Waals surface area contributed by atoms with Crippen molar-refractivity contribution in [2.24, 2.45) is 0 Å². The van der Waals surface area contributed by atoms with Gasteiger partial charge in [-0.05, 0) is 32.1 Å². The summed E-state index contributed by atoms with van der Waals surface area (Å²) >= 11 is 0. The molecule has 0 aliphatic heterocycles. The van der Waals surface area contributed by atoms with Crippen LogP contribution in [0.25, 0.3) is 0 Å². The highest BCUT2D eigenvalue weighted by atomic mass is 31.2. The van der Waals surface area contributed by atoms with Crippen molar-refractivity contribution in [3.8, 4) is 0 Å². The van der Waals surface area contributed by atoms with E-state index in [1.54, 1.807) is 13.3 Å². The monoisotopic (exact) mass is 343 g/mol. The Bertz CT molecular complexity index is 309. The highest BCUT2D eigenvalue weighted by Crippen LogP contribution is 2.29. The van der Waals surface area contributed by atoms with E-state index in [2.05, 4.69) is 24.2 Å². The van der Waals surface area contributed by atoms with Crippen molar-refractivity contribution in [1.82, 2.24) is 5.09 Å². The Labute approximate surface area is 146 Å². The van der Waals surface area contributed by atoms with E-state index in [9.17, 15) is 4.57 Å². The van der Waals surface area contributed by atoms with Crippen LogP contribution in [0.3, 0.4) is 0 Å². The van der Waals surface area contributed by atoms with Gasteiger partial charge in [0.15, 0.2) is 0 Å². The SMILES string of the molecule is CCCCCCCCC=CCCCCCCCCNP(C)(C)=O. The second kappa shape index (κ2) is 16.8. The van der Waals surface area contributed by atoms with E-state index in [1.165, 1.54) is 83.5 Å². The van der Waals surface area contributed by atoms with Gasteiger partial charge >= 0.3 is 0 Å². The summed E-state index contributed by atoms with van der Waals surface area (Å²) in [4.78, 5) is 0. The van der Waals surface area contributed by atoms with Gasteiger partial charge < -0.3 is 4.57 Å². The third kappa shape index (κ3) is 21.9. The maximum Gasteiger partial charge on any atom is 0.141 e. The Morgan fingerprint density at radius 1 is 0.696 bits per heavy atom. The summed E-state index contributed by atoms with van der Waals surface area (Å²) in [5.41, 5.74) is 0. The summed E-state index contributed by atoms with van der Waals surface area (Å²) in [6, 6.07) is 0. The Kier molecular flexibility index (Phi) is 16.7. The maximum absolute atomic E-state index is 11.5.